The number of amides is 2. The number of methoxy groups -OCH3 is 1. The van der Waals surface area contributed by atoms with Crippen LogP contribution in [0.3, 0.4) is 0 Å². The number of phenolic OH excluding ortho intramolecular Hbond substituents is 1. The van der Waals surface area contributed by atoms with Crippen LogP contribution in [0.1, 0.15) is 37.0 Å². The molecule has 6 nitrogen and oxygen atoms in total. The van der Waals surface area contributed by atoms with E-state index in [0.717, 1.165) is 12.8 Å². The second-order valence-electron chi connectivity index (χ2n) is 5.08. The zero-order valence-corrected chi connectivity index (χ0v) is 13.8. The number of phenols is 1. The number of rotatable bonds is 8. The molecule has 6 heteroatoms. The van der Waals surface area contributed by atoms with E-state index in [4.69, 9.17) is 4.74 Å². The first kappa shape index (κ1) is 18.5. The van der Waals surface area contributed by atoms with E-state index < -0.39 is 0 Å². The molecule has 1 aromatic carbocycles. The zero-order valence-electron chi connectivity index (χ0n) is 13.8. The molecule has 3 N–H and O–H groups in total. The minimum absolute atomic E-state index is 0.0646. The molecule has 0 spiro atoms. The molecule has 1 aromatic rings. The van der Waals surface area contributed by atoms with Crippen LogP contribution in [0.15, 0.2) is 29.8 Å². The van der Waals surface area contributed by atoms with Crippen LogP contribution in [0.25, 0.3) is 0 Å². The molecule has 0 aliphatic rings. The Morgan fingerprint density at radius 3 is 2.43 bits per heavy atom. The van der Waals surface area contributed by atoms with Crippen LogP contribution in [0, 0.1) is 0 Å². The van der Waals surface area contributed by atoms with E-state index in [2.05, 4.69) is 10.6 Å². The summed E-state index contributed by atoms with van der Waals surface area (Å²) in [4.78, 5) is 23.4. The fourth-order valence-electron chi connectivity index (χ4n) is 1.86. The van der Waals surface area contributed by atoms with Gasteiger partial charge in [-0.25, -0.2) is 0 Å². The Kier molecular flexibility index (Phi) is 7.66. The van der Waals surface area contributed by atoms with Crippen molar-refractivity contribution in [2.24, 2.45) is 0 Å². The normalized spacial score (nSPS) is 11.0. The maximum absolute atomic E-state index is 11.9. The van der Waals surface area contributed by atoms with Crippen molar-refractivity contribution in [3.63, 3.8) is 0 Å². The van der Waals surface area contributed by atoms with E-state index in [9.17, 15) is 14.7 Å². The zero-order chi connectivity index (χ0) is 17.2. The van der Waals surface area contributed by atoms with Crippen molar-refractivity contribution in [2.45, 2.75) is 26.7 Å². The van der Waals surface area contributed by atoms with Gasteiger partial charge in [0.15, 0.2) is 11.5 Å². The highest BCUT2D eigenvalue weighted by Crippen LogP contribution is 2.26. The van der Waals surface area contributed by atoms with Crippen molar-refractivity contribution in [3.8, 4) is 11.5 Å². The van der Waals surface area contributed by atoms with Gasteiger partial charge in [-0.05, 0) is 44.9 Å². The van der Waals surface area contributed by atoms with Gasteiger partial charge in [-0.1, -0.05) is 6.08 Å². The van der Waals surface area contributed by atoms with Gasteiger partial charge in [0.2, 0.25) is 5.91 Å². The van der Waals surface area contributed by atoms with E-state index in [1.54, 1.807) is 25.1 Å². The third-order valence-corrected chi connectivity index (χ3v) is 3.41. The predicted molar refractivity (Wildman–Crippen MR) is 88.7 cm³/mol. The van der Waals surface area contributed by atoms with Gasteiger partial charge in [-0.2, -0.15) is 0 Å². The average Bonchev–Trinajstić information content (AvgIpc) is 2.56. The van der Waals surface area contributed by atoms with E-state index in [0.29, 0.717) is 30.0 Å². The predicted octanol–water partition coefficient (Wildman–Crippen LogP) is 1.99. The molecule has 0 fully saturated rings. The van der Waals surface area contributed by atoms with E-state index >= 15 is 0 Å². The summed E-state index contributed by atoms with van der Waals surface area (Å²) in [7, 11) is 1.45. The molecule has 0 saturated carbocycles. The molecule has 23 heavy (non-hydrogen) atoms. The number of benzene rings is 1. The van der Waals surface area contributed by atoms with Crippen LogP contribution >= 0.6 is 0 Å². The fraction of sp³-hybridized carbons (Fsp3) is 0.412. The van der Waals surface area contributed by atoms with Gasteiger partial charge in [-0.3, -0.25) is 9.59 Å². The molecule has 0 saturated heterocycles. The quantitative estimate of drug-likeness (QED) is 0.505. The second kappa shape index (κ2) is 9.50. The summed E-state index contributed by atoms with van der Waals surface area (Å²) in [6, 6.07) is 4.51. The van der Waals surface area contributed by atoms with Crippen LogP contribution in [-0.4, -0.2) is 37.1 Å². The molecule has 0 atom stereocenters. The standard InChI is InChI=1S/C17H24N2O4/c1-4-12(2)16(21)18-9-5-6-10-19-17(22)13-7-8-15(23-3)14(20)11-13/h4,7-8,11,20H,5-6,9-10H2,1-3H3,(H,18,21)(H,19,22)/b12-4+. The number of hydrogen-bond donors (Lipinski definition) is 3. The van der Waals surface area contributed by atoms with Crippen LogP contribution in [-0.2, 0) is 4.79 Å². The number of hydrogen-bond acceptors (Lipinski definition) is 4. The Morgan fingerprint density at radius 2 is 1.87 bits per heavy atom. The SMILES string of the molecule is C/C=C(\C)C(=O)NCCCCNC(=O)c1ccc(OC)c(O)c1. The van der Waals surface area contributed by atoms with E-state index in [-0.39, 0.29) is 17.6 Å². The van der Waals surface area contributed by atoms with Crippen molar-refractivity contribution < 1.29 is 19.4 Å². The van der Waals surface area contributed by atoms with Crippen molar-refractivity contribution in [3.05, 3.63) is 35.4 Å². The summed E-state index contributed by atoms with van der Waals surface area (Å²) in [5.74, 6) is -0.0575. The van der Waals surface area contributed by atoms with E-state index in [1.807, 2.05) is 6.92 Å². The van der Waals surface area contributed by atoms with Gasteiger partial charge in [0, 0.05) is 24.2 Å². The monoisotopic (exact) mass is 320 g/mol. The highest BCUT2D eigenvalue weighted by atomic mass is 16.5. The maximum Gasteiger partial charge on any atom is 0.251 e. The number of ether oxygens (including phenoxy) is 1. The smallest absolute Gasteiger partial charge is 0.251 e. The van der Waals surface area contributed by atoms with Gasteiger partial charge in [-0.15, -0.1) is 0 Å². The van der Waals surface area contributed by atoms with Crippen molar-refractivity contribution in [2.75, 3.05) is 20.2 Å². The topological polar surface area (TPSA) is 87.7 Å². The van der Waals surface area contributed by atoms with E-state index in [1.165, 1.54) is 13.2 Å². The molecular formula is C17H24N2O4. The number of nitrogens with one attached hydrogen (secondary N) is 2. The van der Waals surface area contributed by atoms with Crippen molar-refractivity contribution in [1.29, 1.82) is 0 Å². The molecular weight excluding hydrogens is 296 g/mol. The lowest BCUT2D eigenvalue weighted by Crippen LogP contribution is -2.27. The summed E-state index contributed by atoms with van der Waals surface area (Å²) < 4.78 is 4.93. The molecule has 126 valence electrons. The molecule has 0 aliphatic heterocycles. The average molecular weight is 320 g/mol. The minimum Gasteiger partial charge on any atom is -0.504 e. The highest BCUT2D eigenvalue weighted by Gasteiger charge is 2.09. The Hall–Kier alpha value is -2.50. The van der Waals surface area contributed by atoms with Crippen LogP contribution in [0.5, 0.6) is 11.5 Å². The summed E-state index contributed by atoms with van der Waals surface area (Å²) in [6.07, 6.45) is 3.29. The third-order valence-electron chi connectivity index (χ3n) is 3.41. The number of carbonyl (C=O) groups is 2. The number of carbonyl (C=O) groups excluding carboxylic acids is 2. The van der Waals surface area contributed by atoms with Crippen LogP contribution in [0.4, 0.5) is 0 Å². The number of unbranched alkanes of at least 4 members (excludes halogenated alkanes) is 1. The minimum atomic E-state index is -0.253. The maximum atomic E-state index is 11.9. The lowest BCUT2D eigenvalue weighted by molar-refractivity contribution is -0.117. The molecule has 0 aromatic heterocycles. The Morgan fingerprint density at radius 1 is 1.22 bits per heavy atom. The van der Waals surface area contributed by atoms with Gasteiger partial charge in [0.1, 0.15) is 0 Å². The summed E-state index contributed by atoms with van der Waals surface area (Å²) >= 11 is 0. The highest BCUT2D eigenvalue weighted by molar-refractivity contribution is 5.94. The first-order valence-electron chi connectivity index (χ1n) is 7.56. The van der Waals surface area contributed by atoms with Gasteiger partial charge < -0.3 is 20.5 Å². The van der Waals surface area contributed by atoms with Crippen molar-refractivity contribution in [1.82, 2.24) is 10.6 Å². The third kappa shape index (κ3) is 6.02. The first-order chi connectivity index (χ1) is 11.0. The number of allylic oxidation sites excluding steroid dienone is 1. The lowest BCUT2D eigenvalue weighted by atomic mass is 10.2. The van der Waals surface area contributed by atoms with Gasteiger partial charge in [0.05, 0.1) is 7.11 Å². The first-order valence-corrected chi connectivity index (χ1v) is 7.56. The Bertz CT molecular complexity index is 582. The second-order valence-corrected chi connectivity index (χ2v) is 5.08. The molecule has 0 unspecified atom stereocenters. The Labute approximate surface area is 136 Å². The van der Waals surface area contributed by atoms with Crippen molar-refractivity contribution >= 4 is 11.8 Å². The lowest BCUT2D eigenvalue weighted by Gasteiger charge is -2.08. The molecule has 0 bridgehead atoms. The van der Waals surface area contributed by atoms with Gasteiger partial charge >= 0.3 is 0 Å². The number of aromatic hydroxyl groups is 1. The summed E-state index contributed by atoms with van der Waals surface area (Å²) in [6.45, 7) is 4.66. The molecule has 0 heterocycles. The summed E-state index contributed by atoms with van der Waals surface area (Å²) in [5.41, 5.74) is 1.07. The molecule has 2 amide bonds. The largest absolute Gasteiger partial charge is 0.504 e. The van der Waals surface area contributed by atoms with Crippen LogP contribution in [0.2, 0.25) is 0 Å². The fourth-order valence-corrected chi connectivity index (χ4v) is 1.86. The van der Waals surface area contributed by atoms with Crippen LogP contribution < -0.4 is 15.4 Å². The molecule has 0 radical (unpaired) electrons. The van der Waals surface area contributed by atoms with Gasteiger partial charge in [0.25, 0.3) is 5.91 Å². The Balaban J connectivity index is 2.27. The molecule has 0 aliphatic carbocycles. The summed E-state index contributed by atoms with van der Waals surface area (Å²) in [5, 5.41) is 15.2. The molecule has 1 rings (SSSR count).